The van der Waals surface area contributed by atoms with Crippen molar-refractivity contribution in [3.8, 4) is 17.1 Å². The van der Waals surface area contributed by atoms with Crippen molar-refractivity contribution in [2.75, 3.05) is 11.9 Å². The Hall–Kier alpha value is -2.68. The normalized spacial score (nSPS) is 10.5. The molecular formula is C25H24IrN3-. The fourth-order valence-corrected chi connectivity index (χ4v) is 3.76. The van der Waals surface area contributed by atoms with Crippen LogP contribution < -0.4 is 4.90 Å². The van der Waals surface area contributed by atoms with Crippen LogP contribution in [0.1, 0.15) is 16.7 Å². The molecule has 3 nitrogen and oxygen atoms in total. The van der Waals surface area contributed by atoms with Gasteiger partial charge in [-0.15, -0.1) is 35.9 Å². The average Bonchev–Trinajstić information content (AvgIpc) is 3.13. The molecule has 0 bridgehead atoms. The molecule has 149 valence electrons. The number of nitrogens with zero attached hydrogens (tertiary/aromatic N) is 3. The number of hydrogen-bond donors (Lipinski definition) is 0. The van der Waals surface area contributed by atoms with Crippen molar-refractivity contribution in [1.82, 2.24) is 9.55 Å². The van der Waals surface area contributed by atoms with Gasteiger partial charge in [-0.25, -0.2) is 0 Å². The van der Waals surface area contributed by atoms with Crippen molar-refractivity contribution in [3.63, 3.8) is 0 Å². The zero-order valence-electron chi connectivity index (χ0n) is 17.1. The SMILES string of the molecule is Cc1cc(C)c(-n2cc(N(C)c3ccccc3)nc2-c2[c-]cccc2)c(C)c1.[Ir]. The van der Waals surface area contributed by atoms with Gasteiger partial charge in [-0.05, 0) is 44.0 Å². The molecule has 3 aromatic carbocycles. The zero-order valence-corrected chi connectivity index (χ0v) is 19.5. The number of aromatic nitrogens is 2. The summed E-state index contributed by atoms with van der Waals surface area (Å²) >= 11 is 0. The van der Waals surface area contributed by atoms with Crippen molar-refractivity contribution < 1.29 is 20.1 Å². The Morgan fingerprint density at radius 2 is 1.55 bits per heavy atom. The van der Waals surface area contributed by atoms with E-state index in [1.165, 1.54) is 22.4 Å². The number of hydrogen-bond acceptors (Lipinski definition) is 2. The third-order valence-corrected chi connectivity index (χ3v) is 5.01. The minimum Gasteiger partial charge on any atom is -0.337 e. The summed E-state index contributed by atoms with van der Waals surface area (Å²) in [4.78, 5) is 7.11. The molecule has 0 amide bonds. The molecule has 0 aliphatic heterocycles. The molecule has 0 spiro atoms. The molecular weight excluding hydrogens is 535 g/mol. The predicted octanol–water partition coefficient (Wildman–Crippen LogP) is 6.03. The molecule has 1 heterocycles. The van der Waals surface area contributed by atoms with E-state index in [1.54, 1.807) is 0 Å². The van der Waals surface area contributed by atoms with Crippen LogP contribution in [-0.2, 0) is 20.1 Å². The molecule has 29 heavy (non-hydrogen) atoms. The number of aryl methyl sites for hydroxylation is 3. The largest absolute Gasteiger partial charge is 0.337 e. The molecule has 0 fully saturated rings. The van der Waals surface area contributed by atoms with E-state index in [4.69, 9.17) is 4.98 Å². The van der Waals surface area contributed by atoms with E-state index in [-0.39, 0.29) is 20.1 Å². The summed E-state index contributed by atoms with van der Waals surface area (Å²) in [5.41, 5.74) is 7.01. The maximum absolute atomic E-state index is 5.00. The van der Waals surface area contributed by atoms with Gasteiger partial charge < -0.3 is 9.47 Å². The van der Waals surface area contributed by atoms with Crippen molar-refractivity contribution in [2.24, 2.45) is 0 Å². The second kappa shape index (κ2) is 8.77. The van der Waals surface area contributed by atoms with E-state index in [0.29, 0.717) is 0 Å². The standard InChI is InChI=1S/C25H24N3.Ir/c1-18-15-19(2)24(20(3)16-18)28-17-23(27(4)22-13-9-6-10-14-22)26-25(28)21-11-7-5-8-12-21;/h5-11,13-17H,1-4H3;/q-1;. The van der Waals surface area contributed by atoms with Crippen LogP contribution in [0.5, 0.6) is 0 Å². The molecule has 4 heteroatoms. The van der Waals surface area contributed by atoms with Crippen LogP contribution >= 0.6 is 0 Å². The van der Waals surface area contributed by atoms with Gasteiger partial charge >= 0.3 is 0 Å². The van der Waals surface area contributed by atoms with Gasteiger partial charge in [0.2, 0.25) is 0 Å². The van der Waals surface area contributed by atoms with Crippen LogP contribution in [-0.4, -0.2) is 16.6 Å². The zero-order chi connectivity index (χ0) is 19.7. The van der Waals surface area contributed by atoms with Crippen LogP contribution in [0.4, 0.5) is 11.5 Å². The summed E-state index contributed by atoms with van der Waals surface area (Å²) in [5, 5.41) is 0. The number of rotatable bonds is 4. The third kappa shape index (κ3) is 4.19. The molecule has 0 aliphatic carbocycles. The topological polar surface area (TPSA) is 21.1 Å². The van der Waals surface area contributed by atoms with Gasteiger partial charge in [0, 0.05) is 44.7 Å². The number of imidazole rings is 1. The first-order valence-electron chi connectivity index (χ1n) is 9.48. The van der Waals surface area contributed by atoms with Gasteiger partial charge in [0.1, 0.15) is 5.82 Å². The van der Waals surface area contributed by atoms with Gasteiger partial charge in [0.05, 0.1) is 5.82 Å². The number of para-hydroxylation sites is 1. The van der Waals surface area contributed by atoms with E-state index in [2.05, 4.69) is 79.9 Å². The van der Waals surface area contributed by atoms with Crippen LogP contribution in [0.3, 0.4) is 0 Å². The molecule has 0 saturated carbocycles. The molecule has 4 aromatic rings. The first-order chi connectivity index (χ1) is 13.5. The molecule has 0 unspecified atom stereocenters. The maximum atomic E-state index is 5.00. The van der Waals surface area contributed by atoms with Crippen LogP contribution in [0.15, 0.2) is 72.9 Å². The second-order valence-corrected chi connectivity index (χ2v) is 7.21. The van der Waals surface area contributed by atoms with Crippen molar-refractivity contribution in [3.05, 3.63) is 95.7 Å². The smallest absolute Gasteiger partial charge is 0.141 e. The summed E-state index contributed by atoms with van der Waals surface area (Å²) in [5.74, 6) is 1.80. The first-order valence-corrected chi connectivity index (χ1v) is 9.48. The molecule has 1 radical (unpaired) electrons. The Labute approximate surface area is 186 Å². The van der Waals surface area contributed by atoms with Crippen LogP contribution in [0.25, 0.3) is 17.1 Å². The Balaban J connectivity index is 0.00000240. The van der Waals surface area contributed by atoms with Gasteiger partial charge in [-0.1, -0.05) is 35.9 Å². The van der Waals surface area contributed by atoms with Gasteiger partial charge in [0.15, 0.2) is 0 Å². The molecule has 0 atom stereocenters. The quantitative estimate of drug-likeness (QED) is 0.285. The Bertz CT molecular complexity index is 1080. The summed E-state index contributed by atoms with van der Waals surface area (Å²) in [6, 6.07) is 26.1. The molecule has 0 N–H and O–H groups in total. The molecule has 0 saturated heterocycles. The number of anilines is 2. The Morgan fingerprint density at radius 1 is 0.897 bits per heavy atom. The minimum absolute atomic E-state index is 0. The monoisotopic (exact) mass is 559 g/mol. The van der Waals surface area contributed by atoms with Crippen molar-refractivity contribution >= 4 is 11.5 Å². The Morgan fingerprint density at radius 3 is 2.17 bits per heavy atom. The van der Waals surface area contributed by atoms with Gasteiger partial charge in [-0.2, -0.15) is 0 Å². The van der Waals surface area contributed by atoms with Crippen molar-refractivity contribution in [2.45, 2.75) is 20.8 Å². The number of benzene rings is 3. The average molecular weight is 559 g/mol. The van der Waals surface area contributed by atoms with E-state index < -0.39 is 0 Å². The van der Waals surface area contributed by atoms with Crippen LogP contribution in [0, 0.1) is 26.8 Å². The van der Waals surface area contributed by atoms with E-state index in [9.17, 15) is 0 Å². The van der Waals surface area contributed by atoms with Gasteiger partial charge in [-0.3, -0.25) is 4.98 Å². The second-order valence-electron chi connectivity index (χ2n) is 7.21. The fourth-order valence-electron chi connectivity index (χ4n) is 3.76. The van der Waals surface area contributed by atoms with E-state index in [1.807, 2.05) is 36.4 Å². The summed E-state index contributed by atoms with van der Waals surface area (Å²) in [7, 11) is 2.05. The third-order valence-electron chi connectivity index (χ3n) is 5.01. The maximum Gasteiger partial charge on any atom is 0.141 e. The van der Waals surface area contributed by atoms with Crippen LogP contribution in [0.2, 0.25) is 0 Å². The first kappa shape index (κ1) is 21.0. The minimum atomic E-state index is 0. The van der Waals surface area contributed by atoms with Crippen molar-refractivity contribution in [1.29, 1.82) is 0 Å². The molecule has 4 rings (SSSR count). The van der Waals surface area contributed by atoms with E-state index >= 15 is 0 Å². The summed E-state index contributed by atoms with van der Waals surface area (Å²) in [6.07, 6.45) is 2.12. The fraction of sp³-hybridized carbons (Fsp3) is 0.160. The van der Waals surface area contributed by atoms with E-state index in [0.717, 1.165) is 22.9 Å². The van der Waals surface area contributed by atoms with Gasteiger partial charge in [0.25, 0.3) is 0 Å². The molecule has 0 aliphatic rings. The predicted molar refractivity (Wildman–Crippen MR) is 117 cm³/mol. The molecule has 1 aromatic heterocycles. The summed E-state index contributed by atoms with van der Waals surface area (Å²) in [6.45, 7) is 6.46. The Kier molecular flexibility index (Phi) is 6.36. The summed E-state index contributed by atoms with van der Waals surface area (Å²) < 4.78 is 2.20.